The molecule has 0 unspecified atom stereocenters. The lowest BCUT2D eigenvalue weighted by Crippen LogP contribution is -2.43. The predicted molar refractivity (Wildman–Crippen MR) is 64.6 cm³/mol. The molecule has 1 aromatic carbocycles. The van der Waals surface area contributed by atoms with Gasteiger partial charge in [0.15, 0.2) is 0 Å². The Hall–Kier alpha value is -1.48. The van der Waals surface area contributed by atoms with Crippen molar-refractivity contribution in [3.8, 4) is 5.75 Å². The Bertz CT molecular complexity index is 526. The van der Waals surface area contributed by atoms with Crippen LogP contribution in [0.25, 0.3) is 10.9 Å². The molecule has 0 radical (unpaired) electrons. The van der Waals surface area contributed by atoms with E-state index >= 15 is 0 Å². The summed E-state index contributed by atoms with van der Waals surface area (Å²) < 4.78 is 5.21. The minimum Gasteiger partial charge on any atom is -0.497 e. The van der Waals surface area contributed by atoms with E-state index in [4.69, 9.17) is 10.5 Å². The lowest BCUT2D eigenvalue weighted by molar-refractivity contribution is 0.248. The number of aromatic nitrogens is 1. The van der Waals surface area contributed by atoms with Crippen LogP contribution in [0.5, 0.6) is 5.75 Å². The van der Waals surface area contributed by atoms with Gasteiger partial charge in [0.1, 0.15) is 5.75 Å². The molecule has 1 saturated carbocycles. The highest BCUT2D eigenvalue weighted by Crippen LogP contribution is 2.39. The van der Waals surface area contributed by atoms with Gasteiger partial charge in [0.2, 0.25) is 0 Å². The van der Waals surface area contributed by atoms with Crippen LogP contribution in [0.3, 0.4) is 0 Å². The molecule has 0 bridgehead atoms. The van der Waals surface area contributed by atoms with Crippen molar-refractivity contribution >= 4 is 10.9 Å². The Morgan fingerprint density at radius 3 is 2.75 bits per heavy atom. The lowest BCUT2D eigenvalue weighted by Gasteiger charge is -2.37. The van der Waals surface area contributed by atoms with E-state index in [1.807, 2.05) is 12.1 Å². The van der Waals surface area contributed by atoms with E-state index in [1.165, 1.54) is 11.8 Å². The summed E-state index contributed by atoms with van der Waals surface area (Å²) >= 11 is 0. The van der Waals surface area contributed by atoms with E-state index in [1.54, 1.807) is 7.11 Å². The zero-order valence-corrected chi connectivity index (χ0v) is 9.42. The molecule has 1 heterocycles. The summed E-state index contributed by atoms with van der Waals surface area (Å²) in [6.45, 7) is 0. The number of H-pyrrole nitrogens is 1. The Balaban J connectivity index is 2.08. The van der Waals surface area contributed by atoms with E-state index in [-0.39, 0.29) is 5.54 Å². The van der Waals surface area contributed by atoms with Crippen LogP contribution in [0, 0.1) is 0 Å². The van der Waals surface area contributed by atoms with Gasteiger partial charge in [0, 0.05) is 17.3 Å². The molecule has 2 aromatic rings. The highest BCUT2D eigenvalue weighted by atomic mass is 16.5. The first-order valence-electron chi connectivity index (χ1n) is 5.67. The van der Waals surface area contributed by atoms with Crippen molar-refractivity contribution in [1.29, 1.82) is 0 Å². The van der Waals surface area contributed by atoms with Crippen LogP contribution >= 0.6 is 0 Å². The average molecular weight is 216 g/mol. The smallest absolute Gasteiger partial charge is 0.120 e. The third-order valence-electron chi connectivity index (χ3n) is 3.61. The molecule has 0 spiro atoms. The largest absolute Gasteiger partial charge is 0.497 e. The summed E-state index contributed by atoms with van der Waals surface area (Å²) in [7, 11) is 1.68. The molecule has 3 nitrogen and oxygen atoms in total. The van der Waals surface area contributed by atoms with Gasteiger partial charge in [0.05, 0.1) is 12.6 Å². The van der Waals surface area contributed by atoms with Crippen molar-refractivity contribution in [3.05, 3.63) is 30.0 Å². The van der Waals surface area contributed by atoms with Crippen LogP contribution in [0.2, 0.25) is 0 Å². The number of hydrogen-bond acceptors (Lipinski definition) is 2. The van der Waals surface area contributed by atoms with Crippen molar-refractivity contribution < 1.29 is 4.74 Å². The fraction of sp³-hybridized carbons (Fsp3) is 0.385. The molecule has 1 aromatic heterocycles. The number of nitrogens with two attached hydrogens (primary N) is 1. The second-order valence-corrected chi connectivity index (χ2v) is 4.65. The summed E-state index contributed by atoms with van der Waals surface area (Å²) in [5.41, 5.74) is 8.43. The summed E-state index contributed by atoms with van der Waals surface area (Å²) in [4.78, 5) is 3.41. The van der Waals surface area contributed by atoms with Crippen molar-refractivity contribution in [1.82, 2.24) is 4.98 Å². The number of nitrogens with one attached hydrogen (secondary N) is 1. The molecule has 1 aliphatic rings. The van der Waals surface area contributed by atoms with Gasteiger partial charge < -0.3 is 15.5 Å². The average Bonchev–Trinajstić information content (AvgIpc) is 2.68. The number of ether oxygens (including phenoxy) is 1. The van der Waals surface area contributed by atoms with Gasteiger partial charge in [-0.3, -0.25) is 0 Å². The number of hydrogen-bond donors (Lipinski definition) is 2. The van der Waals surface area contributed by atoms with E-state index < -0.39 is 0 Å². The van der Waals surface area contributed by atoms with Crippen LogP contribution in [-0.4, -0.2) is 12.1 Å². The number of rotatable bonds is 2. The van der Waals surface area contributed by atoms with Gasteiger partial charge in [-0.2, -0.15) is 0 Å². The van der Waals surface area contributed by atoms with Crippen LogP contribution < -0.4 is 10.5 Å². The van der Waals surface area contributed by atoms with Crippen LogP contribution in [0.1, 0.15) is 25.0 Å². The third kappa shape index (κ3) is 1.32. The summed E-state index contributed by atoms with van der Waals surface area (Å²) in [5, 5.41) is 1.20. The molecule has 84 valence electrons. The van der Waals surface area contributed by atoms with E-state index in [0.29, 0.717) is 0 Å². The topological polar surface area (TPSA) is 51.0 Å². The van der Waals surface area contributed by atoms with Gasteiger partial charge in [-0.15, -0.1) is 0 Å². The Morgan fingerprint density at radius 2 is 2.12 bits per heavy atom. The standard InChI is InChI=1S/C13H16N2O/c1-16-10-4-3-9-7-12(15-11(9)8-10)13(14)5-2-6-13/h3-4,7-8,15H,2,5-6,14H2,1H3. The van der Waals surface area contributed by atoms with Gasteiger partial charge in [-0.05, 0) is 42.8 Å². The fourth-order valence-corrected chi connectivity index (χ4v) is 2.33. The number of methoxy groups -OCH3 is 1. The molecule has 16 heavy (non-hydrogen) atoms. The van der Waals surface area contributed by atoms with Gasteiger partial charge in [-0.1, -0.05) is 0 Å². The quantitative estimate of drug-likeness (QED) is 0.810. The third-order valence-corrected chi connectivity index (χ3v) is 3.61. The molecule has 3 rings (SSSR count). The van der Waals surface area contributed by atoms with E-state index in [9.17, 15) is 0 Å². The van der Waals surface area contributed by atoms with Crippen molar-refractivity contribution in [2.45, 2.75) is 24.8 Å². The highest BCUT2D eigenvalue weighted by Gasteiger charge is 2.35. The predicted octanol–water partition coefficient (Wildman–Crippen LogP) is 2.51. The Labute approximate surface area is 94.6 Å². The number of aromatic amines is 1. The van der Waals surface area contributed by atoms with Crippen molar-refractivity contribution in [3.63, 3.8) is 0 Å². The molecule has 0 atom stereocenters. The molecule has 0 aliphatic heterocycles. The minimum atomic E-state index is -0.119. The van der Waals surface area contributed by atoms with E-state index in [0.717, 1.165) is 29.8 Å². The van der Waals surface area contributed by atoms with Crippen LogP contribution in [0.4, 0.5) is 0 Å². The van der Waals surface area contributed by atoms with Gasteiger partial charge in [-0.25, -0.2) is 0 Å². The minimum absolute atomic E-state index is 0.119. The molecule has 0 saturated heterocycles. The van der Waals surface area contributed by atoms with Crippen LogP contribution in [-0.2, 0) is 5.54 Å². The zero-order valence-electron chi connectivity index (χ0n) is 9.42. The summed E-state index contributed by atoms with van der Waals surface area (Å²) in [6, 6.07) is 8.22. The van der Waals surface area contributed by atoms with Crippen molar-refractivity contribution in [2.75, 3.05) is 7.11 Å². The van der Waals surface area contributed by atoms with Gasteiger partial charge >= 0.3 is 0 Å². The van der Waals surface area contributed by atoms with Crippen molar-refractivity contribution in [2.24, 2.45) is 5.73 Å². The first-order valence-corrected chi connectivity index (χ1v) is 5.67. The molecule has 0 amide bonds. The molecular formula is C13H16N2O. The summed E-state index contributed by atoms with van der Waals surface area (Å²) in [6.07, 6.45) is 3.39. The molecular weight excluding hydrogens is 200 g/mol. The Kier molecular flexibility index (Phi) is 1.98. The van der Waals surface area contributed by atoms with Crippen LogP contribution in [0.15, 0.2) is 24.3 Å². The molecule has 3 N–H and O–H groups in total. The molecule has 1 fully saturated rings. The first-order chi connectivity index (χ1) is 7.71. The second kappa shape index (κ2) is 3.25. The first kappa shape index (κ1) is 9.73. The molecule has 3 heteroatoms. The monoisotopic (exact) mass is 216 g/mol. The SMILES string of the molecule is COc1ccc2cc(C3(N)CCC3)[nH]c2c1. The Morgan fingerprint density at radius 1 is 1.31 bits per heavy atom. The van der Waals surface area contributed by atoms with Gasteiger partial charge in [0.25, 0.3) is 0 Å². The molecule has 1 aliphatic carbocycles. The number of benzene rings is 1. The maximum Gasteiger partial charge on any atom is 0.120 e. The van der Waals surface area contributed by atoms with E-state index in [2.05, 4.69) is 17.1 Å². The lowest BCUT2D eigenvalue weighted by atomic mass is 9.75. The number of fused-ring (bicyclic) bond motifs is 1. The normalized spacial score (nSPS) is 18.4. The maximum absolute atomic E-state index is 6.30. The zero-order chi connectivity index (χ0) is 11.2. The fourth-order valence-electron chi connectivity index (χ4n) is 2.33. The highest BCUT2D eigenvalue weighted by molar-refractivity contribution is 5.82. The maximum atomic E-state index is 6.30. The second-order valence-electron chi connectivity index (χ2n) is 4.65. The summed E-state index contributed by atoms with van der Waals surface area (Å²) in [5.74, 6) is 0.876.